The Hall–Kier alpha value is -0.610. The van der Waals surface area contributed by atoms with Crippen LogP contribution in [0.5, 0.6) is 0 Å². The van der Waals surface area contributed by atoms with E-state index in [4.69, 9.17) is 0 Å². The molecule has 0 radical (unpaired) electrons. The molecule has 1 aromatic rings. The molecule has 0 heterocycles. The zero-order chi connectivity index (χ0) is 12.8. The quantitative estimate of drug-likeness (QED) is 0.666. The molecule has 0 aliphatic heterocycles. The van der Waals surface area contributed by atoms with Crippen LogP contribution in [0.1, 0.15) is 45.7 Å². The number of hydrogen-bond donors (Lipinski definition) is 0. The van der Waals surface area contributed by atoms with E-state index < -0.39 is 7.92 Å². The molecular formula is C16H25P. The molecule has 0 aromatic heterocycles. The van der Waals surface area contributed by atoms with E-state index in [1.54, 1.807) is 11.1 Å². The molecule has 17 heavy (non-hydrogen) atoms. The molecular weight excluding hydrogens is 223 g/mol. The third kappa shape index (κ3) is 1.69. The third-order valence-corrected chi connectivity index (χ3v) is 9.71. The molecule has 1 unspecified atom stereocenters. The van der Waals surface area contributed by atoms with E-state index in [-0.39, 0.29) is 0 Å². The molecule has 0 nitrogen and oxygen atoms in total. The summed E-state index contributed by atoms with van der Waals surface area (Å²) in [6, 6.07) is 9.01. The first kappa shape index (κ1) is 12.8. The first-order valence-corrected chi connectivity index (χ1v) is 9.08. The fraction of sp³-hybridized carbons (Fsp3) is 0.500. The van der Waals surface area contributed by atoms with Crippen LogP contribution >= 0.6 is 7.92 Å². The van der Waals surface area contributed by atoms with Crippen molar-refractivity contribution in [2.75, 3.05) is 6.66 Å². The molecule has 0 saturated heterocycles. The molecule has 0 fully saturated rings. The van der Waals surface area contributed by atoms with Crippen LogP contribution in [0, 0.1) is 0 Å². The predicted octanol–water partition coefficient (Wildman–Crippen LogP) is 4.69. The van der Waals surface area contributed by atoms with Crippen LogP contribution in [0.2, 0.25) is 0 Å². The van der Waals surface area contributed by atoms with Gasteiger partial charge in [0.25, 0.3) is 0 Å². The second kappa shape index (κ2) is 4.25. The molecule has 1 atom stereocenters. The van der Waals surface area contributed by atoms with E-state index in [0.29, 0.717) is 5.16 Å². The zero-order valence-corrected chi connectivity index (χ0v) is 13.1. The third-order valence-electron chi connectivity index (χ3n) is 5.14. The Balaban J connectivity index is 2.64. The van der Waals surface area contributed by atoms with Crippen molar-refractivity contribution in [3.63, 3.8) is 0 Å². The number of rotatable bonds is 2. The molecule has 0 saturated carbocycles. The molecule has 0 spiro atoms. The van der Waals surface area contributed by atoms with Crippen LogP contribution in [-0.2, 0) is 5.16 Å². The molecule has 0 N–H and O–H groups in total. The molecule has 1 heteroatoms. The van der Waals surface area contributed by atoms with Crippen molar-refractivity contribution in [3.8, 4) is 0 Å². The SMILES string of the molecule is CC1=C(C)C(C)([PH2](C)C(C)C)c2ccccc21. The van der Waals surface area contributed by atoms with Gasteiger partial charge in [0.1, 0.15) is 0 Å². The van der Waals surface area contributed by atoms with E-state index >= 15 is 0 Å². The maximum absolute atomic E-state index is 2.53. The van der Waals surface area contributed by atoms with E-state index in [0.717, 1.165) is 5.66 Å². The summed E-state index contributed by atoms with van der Waals surface area (Å²) in [7, 11) is -0.834. The van der Waals surface area contributed by atoms with Crippen molar-refractivity contribution in [1.82, 2.24) is 0 Å². The molecule has 2 rings (SSSR count). The number of hydrogen-bond acceptors (Lipinski definition) is 0. The van der Waals surface area contributed by atoms with E-state index in [9.17, 15) is 0 Å². The van der Waals surface area contributed by atoms with Gasteiger partial charge in [-0.05, 0) is 0 Å². The fourth-order valence-electron chi connectivity index (χ4n) is 3.31. The summed E-state index contributed by atoms with van der Waals surface area (Å²) in [4.78, 5) is 0. The van der Waals surface area contributed by atoms with Crippen LogP contribution in [-0.4, -0.2) is 12.3 Å². The van der Waals surface area contributed by atoms with Gasteiger partial charge in [-0.2, -0.15) is 0 Å². The van der Waals surface area contributed by atoms with Crippen LogP contribution in [0.4, 0.5) is 0 Å². The minimum absolute atomic E-state index is 0.356. The standard InChI is InChI=1S/C16H25P/c1-11(2)17(6)16(5)13(4)12(3)14-9-7-8-10-15(14)16/h7-11H,17H2,1-6H3. The minimum atomic E-state index is -0.834. The zero-order valence-electron chi connectivity index (χ0n) is 12.0. The van der Waals surface area contributed by atoms with Crippen molar-refractivity contribution in [1.29, 1.82) is 0 Å². The Morgan fingerprint density at radius 3 is 2.29 bits per heavy atom. The average Bonchev–Trinajstić information content (AvgIpc) is 2.52. The first-order valence-electron chi connectivity index (χ1n) is 6.68. The van der Waals surface area contributed by atoms with Crippen molar-refractivity contribution in [3.05, 3.63) is 41.0 Å². The van der Waals surface area contributed by atoms with Gasteiger partial charge in [0, 0.05) is 0 Å². The Morgan fingerprint density at radius 1 is 1.12 bits per heavy atom. The Kier molecular flexibility index (Phi) is 3.21. The maximum atomic E-state index is 2.53. The monoisotopic (exact) mass is 248 g/mol. The topological polar surface area (TPSA) is 0 Å². The van der Waals surface area contributed by atoms with Gasteiger partial charge in [0.2, 0.25) is 0 Å². The van der Waals surface area contributed by atoms with E-state index in [1.165, 1.54) is 11.1 Å². The van der Waals surface area contributed by atoms with Crippen LogP contribution in [0.25, 0.3) is 5.57 Å². The molecule has 1 aliphatic carbocycles. The van der Waals surface area contributed by atoms with Crippen molar-refractivity contribution in [2.45, 2.75) is 45.4 Å². The summed E-state index contributed by atoms with van der Waals surface area (Å²) < 4.78 is 0. The molecule has 0 bridgehead atoms. The van der Waals surface area contributed by atoms with Crippen molar-refractivity contribution in [2.24, 2.45) is 0 Å². The molecule has 1 aromatic carbocycles. The Morgan fingerprint density at radius 2 is 1.71 bits per heavy atom. The molecule has 1 aliphatic rings. The first-order chi connectivity index (χ1) is 7.90. The summed E-state index contributed by atoms with van der Waals surface area (Å²) in [5.74, 6) is 0. The Bertz CT molecular complexity index is 470. The van der Waals surface area contributed by atoms with E-state index in [2.05, 4.69) is 65.5 Å². The number of fused-ring (bicyclic) bond motifs is 1. The fourth-order valence-corrected chi connectivity index (χ4v) is 6.29. The number of allylic oxidation sites excluding steroid dienone is 2. The second-order valence-corrected chi connectivity index (χ2v) is 10.1. The Labute approximate surface area is 107 Å². The van der Waals surface area contributed by atoms with Gasteiger partial charge >= 0.3 is 107 Å². The van der Waals surface area contributed by atoms with Gasteiger partial charge in [-0.15, -0.1) is 0 Å². The van der Waals surface area contributed by atoms with Crippen LogP contribution < -0.4 is 0 Å². The second-order valence-electron chi connectivity index (χ2n) is 6.03. The summed E-state index contributed by atoms with van der Waals surface area (Å²) in [5.41, 5.74) is 7.05. The number of benzene rings is 1. The summed E-state index contributed by atoms with van der Waals surface area (Å²) >= 11 is 0. The predicted molar refractivity (Wildman–Crippen MR) is 82.8 cm³/mol. The summed E-state index contributed by atoms with van der Waals surface area (Å²) in [6.45, 7) is 14.4. The van der Waals surface area contributed by atoms with Gasteiger partial charge in [0.15, 0.2) is 0 Å². The van der Waals surface area contributed by atoms with Crippen molar-refractivity contribution >= 4 is 13.5 Å². The van der Waals surface area contributed by atoms with Crippen LogP contribution in [0.3, 0.4) is 0 Å². The van der Waals surface area contributed by atoms with Gasteiger partial charge in [0.05, 0.1) is 0 Å². The van der Waals surface area contributed by atoms with Crippen LogP contribution in [0.15, 0.2) is 29.8 Å². The molecule has 94 valence electrons. The molecule has 0 amide bonds. The summed E-state index contributed by atoms with van der Waals surface area (Å²) in [5, 5.41) is 0.356. The van der Waals surface area contributed by atoms with Crippen molar-refractivity contribution < 1.29 is 0 Å². The van der Waals surface area contributed by atoms with Gasteiger partial charge in [-0.1, -0.05) is 0 Å². The van der Waals surface area contributed by atoms with Gasteiger partial charge in [-0.3, -0.25) is 0 Å². The normalized spacial score (nSPS) is 24.3. The van der Waals surface area contributed by atoms with Gasteiger partial charge in [-0.25, -0.2) is 0 Å². The summed E-state index contributed by atoms with van der Waals surface area (Å²) in [6.07, 6.45) is 0. The van der Waals surface area contributed by atoms with Gasteiger partial charge < -0.3 is 0 Å². The average molecular weight is 248 g/mol. The van der Waals surface area contributed by atoms with E-state index in [1.807, 2.05) is 0 Å².